The lowest BCUT2D eigenvalue weighted by atomic mass is 10.3. The largest absolute Gasteiger partial charge is 0.424 e. The summed E-state index contributed by atoms with van der Waals surface area (Å²) in [5, 5.41) is 7.48. The van der Waals surface area contributed by atoms with Crippen LogP contribution < -0.4 is 11.2 Å². The van der Waals surface area contributed by atoms with Gasteiger partial charge in [-0.25, -0.2) is 4.79 Å². The summed E-state index contributed by atoms with van der Waals surface area (Å²) in [6.45, 7) is 2.06. The average Bonchev–Trinajstić information content (AvgIpc) is 2.82. The fraction of sp³-hybridized carbons (Fsp3) is 0.417. The Kier molecular flexibility index (Phi) is 4.31. The molecule has 0 aliphatic rings. The summed E-state index contributed by atoms with van der Waals surface area (Å²) >= 11 is 0. The molecule has 9 nitrogen and oxygen atoms in total. The maximum Gasteiger partial charge on any atom is 0.328 e. The van der Waals surface area contributed by atoms with E-state index in [0.717, 1.165) is 0 Å². The van der Waals surface area contributed by atoms with Gasteiger partial charge in [-0.15, -0.1) is 10.2 Å². The molecule has 0 spiro atoms. The number of carbonyl (C=O) groups is 1. The molecule has 9 heteroatoms. The number of hydrogen-bond acceptors (Lipinski definition) is 6. The highest BCUT2D eigenvalue weighted by molar-refractivity contribution is 5.75. The van der Waals surface area contributed by atoms with Crippen molar-refractivity contribution >= 4 is 5.91 Å². The topological polar surface area (TPSA) is 114 Å². The van der Waals surface area contributed by atoms with Crippen LogP contribution in [0.4, 0.5) is 0 Å². The first-order valence-corrected chi connectivity index (χ1v) is 6.28. The molecule has 0 aliphatic carbocycles. The third kappa shape index (κ3) is 3.88. The number of rotatable bonds is 5. The van der Waals surface area contributed by atoms with Crippen LogP contribution in [-0.4, -0.2) is 37.6 Å². The molecule has 0 aliphatic heterocycles. The van der Waals surface area contributed by atoms with Gasteiger partial charge in [0.05, 0.1) is 6.54 Å². The molecule has 0 unspecified atom stereocenters. The fourth-order valence-electron chi connectivity index (χ4n) is 1.72. The van der Waals surface area contributed by atoms with Crippen LogP contribution in [0.1, 0.15) is 18.2 Å². The Hall–Kier alpha value is -2.71. The molecule has 1 amide bonds. The van der Waals surface area contributed by atoms with Gasteiger partial charge in [-0.3, -0.25) is 14.6 Å². The van der Waals surface area contributed by atoms with E-state index in [-0.39, 0.29) is 25.4 Å². The van der Waals surface area contributed by atoms with Gasteiger partial charge in [0.25, 0.3) is 5.56 Å². The van der Waals surface area contributed by atoms with Crippen molar-refractivity contribution in [2.24, 2.45) is 0 Å². The number of aromatic amines is 1. The molecule has 0 saturated heterocycles. The Balaban J connectivity index is 1.92. The molecular formula is C12H15N5O4. The minimum absolute atomic E-state index is 0.121. The van der Waals surface area contributed by atoms with Gasteiger partial charge >= 0.3 is 5.69 Å². The zero-order valence-electron chi connectivity index (χ0n) is 11.7. The van der Waals surface area contributed by atoms with Gasteiger partial charge in [0.15, 0.2) is 0 Å². The molecule has 2 aromatic rings. The highest BCUT2D eigenvalue weighted by Gasteiger charge is 2.13. The Morgan fingerprint density at radius 2 is 2.19 bits per heavy atom. The Morgan fingerprint density at radius 1 is 1.43 bits per heavy atom. The molecule has 112 valence electrons. The minimum atomic E-state index is -0.537. The van der Waals surface area contributed by atoms with Crippen LogP contribution in [0.5, 0.6) is 0 Å². The van der Waals surface area contributed by atoms with Crippen molar-refractivity contribution in [2.75, 3.05) is 7.05 Å². The molecule has 0 atom stereocenters. The number of carbonyl (C=O) groups excluding carboxylic acids is 1. The summed E-state index contributed by atoms with van der Waals surface area (Å²) < 4.78 is 6.46. The number of aryl methyl sites for hydroxylation is 2. The molecule has 0 bridgehead atoms. The van der Waals surface area contributed by atoms with Crippen molar-refractivity contribution in [1.82, 2.24) is 24.6 Å². The van der Waals surface area contributed by atoms with Gasteiger partial charge in [-0.05, 0) is 0 Å². The highest BCUT2D eigenvalue weighted by atomic mass is 16.4. The minimum Gasteiger partial charge on any atom is -0.424 e. The third-order valence-corrected chi connectivity index (χ3v) is 2.83. The van der Waals surface area contributed by atoms with E-state index in [2.05, 4.69) is 15.2 Å². The van der Waals surface area contributed by atoms with Crippen molar-refractivity contribution in [1.29, 1.82) is 0 Å². The number of H-pyrrole nitrogens is 1. The lowest BCUT2D eigenvalue weighted by Gasteiger charge is -2.15. The highest BCUT2D eigenvalue weighted by Crippen LogP contribution is 2.03. The average molecular weight is 293 g/mol. The maximum atomic E-state index is 12.0. The summed E-state index contributed by atoms with van der Waals surface area (Å²) in [5.41, 5.74) is -1.00. The van der Waals surface area contributed by atoms with E-state index in [9.17, 15) is 14.4 Å². The normalized spacial score (nSPS) is 10.6. The standard InChI is InChI=1S/C12H15N5O4/c1-8-14-15-10(21-8)7-16(2)11(19)4-6-17-5-3-9(18)13-12(17)20/h3,5H,4,6-7H2,1-2H3,(H,13,18,20). The Bertz CT molecular complexity index is 744. The van der Waals surface area contributed by atoms with Gasteiger partial charge in [0, 0.05) is 39.2 Å². The third-order valence-electron chi connectivity index (χ3n) is 2.83. The van der Waals surface area contributed by atoms with Crippen molar-refractivity contribution in [2.45, 2.75) is 26.4 Å². The van der Waals surface area contributed by atoms with E-state index >= 15 is 0 Å². The van der Waals surface area contributed by atoms with E-state index in [0.29, 0.717) is 11.8 Å². The van der Waals surface area contributed by atoms with E-state index in [1.54, 1.807) is 14.0 Å². The lowest BCUT2D eigenvalue weighted by molar-refractivity contribution is -0.130. The lowest BCUT2D eigenvalue weighted by Crippen LogP contribution is -2.32. The first-order chi connectivity index (χ1) is 9.95. The van der Waals surface area contributed by atoms with Crippen molar-refractivity contribution in [3.63, 3.8) is 0 Å². The zero-order valence-corrected chi connectivity index (χ0v) is 11.7. The van der Waals surface area contributed by atoms with Crippen LogP contribution >= 0.6 is 0 Å². The van der Waals surface area contributed by atoms with Gasteiger partial charge < -0.3 is 13.9 Å². The summed E-state index contributed by atoms with van der Waals surface area (Å²) in [6, 6.07) is 1.23. The summed E-state index contributed by atoms with van der Waals surface area (Å²) in [7, 11) is 1.61. The van der Waals surface area contributed by atoms with Crippen LogP contribution in [0.25, 0.3) is 0 Å². The molecule has 2 heterocycles. The van der Waals surface area contributed by atoms with Crippen LogP contribution in [0.3, 0.4) is 0 Å². The molecule has 1 N–H and O–H groups in total. The van der Waals surface area contributed by atoms with Crippen LogP contribution in [0.2, 0.25) is 0 Å². The molecular weight excluding hydrogens is 278 g/mol. The van der Waals surface area contributed by atoms with Gasteiger partial charge in [-0.2, -0.15) is 0 Å². The van der Waals surface area contributed by atoms with Crippen molar-refractivity contribution in [3.05, 3.63) is 44.9 Å². The van der Waals surface area contributed by atoms with Gasteiger partial charge in [0.1, 0.15) is 0 Å². The van der Waals surface area contributed by atoms with Gasteiger partial charge in [0.2, 0.25) is 17.7 Å². The predicted molar refractivity (Wildman–Crippen MR) is 71.4 cm³/mol. The molecule has 21 heavy (non-hydrogen) atoms. The van der Waals surface area contributed by atoms with Crippen LogP contribution in [0.15, 0.2) is 26.3 Å². The number of aromatic nitrogens is 4. The SMILES string of the molecule is Cc1nnc(CN(C)C(=O)CCn2ccc(=O)[nH]c2=O)o1. The second-order valence-electron chi connectivity index (χ2n) is 4.52. The smallest absolute Gasteiger partial charge is 0.328 e. The number of nitrogens with one attached hydrogen (secondary N) is 1. The summed E-state index contributed by atoms with van der Waals surface area (Å²) in [5.74, 6) is 0.610. The predicted octanol–water partition coefficient (Wildman–Crippen LogP) is -0.723. The molecule has 0 saturated carbocycles. The molecule has 0 aromatic carbocycles. The quantitative estimate of drug-likeness (QED) is 0.778. The Morgan fingerprint density at radius 3 is 2.81 bits per heavy atom. The number of hydrogen-bond donors (Lipinski definition) is 1. The van der Waals surface area contributed by atoms with E-state index in [1.807, 2.05) is 0 Å². The van der Waals surface area contributed by atoms with E-state index in [1.165, 1.54) is 21.7 Å². The first kappa shape index (κ1) is 14.7. The Labute approximate surface area is 119 Å². The van der Waals surface area contributed by atoms with Crippen molar-refractivity contribution in [3.8, 4) is 0 Å². The van der Waals surface area contributed by atoms with E-state index in [4.69, 9.17) is 4.42 Å². The van der Waals surface area contributed by atoms with Crippen molar-refractivity contribution < 1.29 is 9.21 Å². The van der Waals surface area contributed by atoms with E-state index < -0.39 is 11.2 Å². The zero-order chi connectivity index (χ0) is 15.4. The monoisotopic (exact) mass is 293 g/mol. The molecule has 2 aromatic heterocycles. The molecule has 0 fully saturated rings. The first-order valence-electron chi connectivity index (χ1n) is 6.28. The second-order valence-corrected chi connectivity index (χ2v) is 4.52. The second kappa shape index (κ2) is 6.16. The van der Waals surface area contributed by atoms with Crippen LogP contribution in [0, 0.1) is 6.92 Å². The molecule has 2 rings (SSSR count). The maximum absolute atomic E-state index is 12.0. The number of amides is 1. The summed E-state index contributed by atoms with van der Waals surface area (Å²) in [6.07, 6.45) is 1.48. The van der Waals surface area contributed by atoms with Crippen LogP contribution in [-0.2, 0) is 17.9 Å². The number of nitrogens with zero attached hydrogens (tertiary/aromatic N) is 4. The molecule has 0 radical (unpaired) electrons. The summed E-state index contributed by atoms with van der Waals surface area (Å²) in [4.78, 5) is 37.9. The fourth-order valence-corrected chi connectivity index (χ4v) is 1.72. The van der Waals surface area contributed by atoms with Gasteiger partial charge in [-0.1, -0.05) is 0 Å².